The summed E-state index contributed by atoms with van der Waals surface area (Å²) in [7, 11) is 0. The topological polar surface area (TPSA) is 9.23 Å². The molecular weight excluding hydrogens is 280 g/mol. The lowest BCUT2D eigenvalue weighted by atomic mass is 9.68. The van der Waals surface area contributed by atoms with E-state index >= 15 is 0 Å². The van der Waals surface area contributed by atoms with E-state index in [1.165, 1.54) is 77.0 Å². The third-order valence-electron chi connectivity index (χ3n) is 6.42. The van der Waals surface area contributed by atoms with Crippen molar-refractivity contribution in [1.29, 1.82) is 0 Å². The Morgan fingerprint density at radius 3 is 2.09 bits per heavy atom. The van der Waals surface area contributed by atoms with Gasteiger partial charge in [-0.1, -0.05) is 57.6 Å². The smallest absolute Gasteiger partial charge is 0.0647 e. The van der Waals surface area contributed by atoms with E-state index in [-0.39, 0.29) is 0 Å². The molecule has 0 unspecified atom stereocenters. The molecule has 2 saturated carbocycles. The van der Waals surface area contributed by atoms with Gasteiger partial charge in [0, 0.05) is 6.61 Å². The number of allylic oxidation sites excluding steroid dienone is 1. The van der Waals surface area contributed by atoms with Crippen molar-refractivity contribution in [1.82, 2.24) is 0 Å². The van der Waals surface area contributed by atoms with Gasteiger partial charge in [0.2, 0.25) is 0 Å². The number of hydrogen-bond acceptors (Lipinski definition) is 1. The van der Waals surface area contributed by atoms with Gasteiger partial charge in [-0.25, -0.2) is 0 Å². The predicted octanol–water partition coefficient (Wildman–Crippen LogP) is 6.77. The molecule has 0 aromatic rings. The van der Waals surface area contributed by atoms with Crippen molar-refractivity contribution in [3.63, 3.8) is 0 Å². The van der Waals surface area contributed by atoms with E-state index in [0.717, 1.165) is 36.9 Å². The second kappa shape index (κ2) is 11.3. The highest BCUT2D eigenvalue weighted by Crippen LogP contribution is 2.42. The zero-order valence-corrected chi connectivity index (χ0v) is 15.8. The molecule has 0 radical (unpaired) electrons. The Bertz CT molecular complexity index is 306. The Morgan fingerprint density at radius 2 is 1.48 bits per heavy atom. The molecule has 134 valence electrons. The SMILES string of the molecule is CCCCCC1CCC(C2CCC(C=CCOCC)CC2)CC1. The van der Waals surface area contributed by atoms with Gasteiger partial charge < -0.3 is 4.74 Å². The molecule has 0 N–H and O–H groups in total. The molecule has 0 bridgehead atoms. The first-order valence-electron chi connectivity index (χ1n) is 10.6. The molecule has 0 spiro atoms. The fraction of sp³-hybridized carbons (Fsp3) is 0.909. The van der Waals surface area contributed by atoms with Crippen molar-refractivity contribution >= 4 is 0 Å². The van der Waals surface area contributed by atoms with E-state index in [9.17, 15) is 0 Å². The third kappa shape index (κ3) is 6.99. The van der Waals surface area contributed by atoms with Gasteiger partial charge in [0.05, 0.1) is 6.61 Å². The summed E-state index contributed by atoms with van der Waals surface area (Å²) < 4.78 is 5.40. The van der Waals surface area contributed by atoms with Crippen LogP contribution in [0.15, 0.2) is 12.2 Å². The predicted molar refractivity (Wildman–Crippen MR) is 101 cm³/mol. The maximum Gasteiger partial charge on any atom is 0.0647 e. The van der Waals surface area contributed by atoms with Crippen molar-refractivity contribution in [3.8, 4) is 0 Å². The molecule has 2 fully saturated rings. The third-order valence-corrected chi connectivity index (χ3v) is 6.42. The van der Waals surface area contributed by atoms with Crippen LogP contribution in [0.2, 0.25) is 0 Å². The summed E-state index contributed by atoms with van der Waals surface area (Å²) in [5.41, 5.74) is 0. The molecule has 0 atom stereocenters. The van der Waals surface area contributed by atoms with Crippen LogP contribution in [0.3, 0.4) is 0 Å². The first-order valence-corrected chi connectivity index (χ1v) is 10.6. The van der Waals surface area contributed by atoms with Crippen LogP contribution in [-0.4, -0.2) is 13.2 Å². The van der Waals surface area contributed by atoms with Gasteiger partial charge in [0.1, 0.15) is 0 Å². The summed E-state index contributed by atoms with van der Waals surface area (Å²) >= 11 is 0. The van der Waals surface area contributed by atoms with Crippen molar-refractivity contribution in [2.24, 2.45) is 23.7 Å². The summed E-state index contributed by atoms with van der Waals surface area (Å²) in [5.74, 6) is 4.00. The summed E-state index contributed by atoms with van der Waals surface area (Å²) in [4.78, 5) is 0. The van der Waals surface area contributed by atoms with E-state index in [1.54, 1.807) is 0 Å². The second-order valence-corrected chi connectivity index (χ2v) is 8.04. The highest BCUT2D eigenvalue weighted by Gasteiger charge is 2.30. The van der Waals surface area contributed by atoms with Crippen molar-refractivity contribution in [2.75, 3.05) is 13.2 Å². The highest BCUT2D eigenvalue weighted by molar-refractivity contribution is 4.92. The lowest BCUT2D eigenvalue weighted by Gasteiger charge is -2.37. The molecular formula is C22H40O. The van der Waals surface area contributed by atoms with Crippen LogP contribution in [0.4, 0.5) is 0 Å². The summed E-state index contributed by atoms with van der Waals surface area (Å²) in [6.45, 7) is 6.02. The number of hydrogen-bond donors (Lipinski definition) is 0. The Labute approximate surface area is 145 Å². The van der Waals surface area contributed by atoms with Crippen LogP contribution >= 0.6 is 0 Å². The van der Waals surface area contributed by atoms with E-state index < -0.39 is 0 Å². The average Bonchev–Trinajstić information content (AvgIpc) is 2.60. The molecule has 2 aliphatic rings. The van der Waals surface area contributed by atoms with E-state index in [0.29, 0.717) is 0 Å². The molecule has 23 heavy (non-hydrogen) atoms. The second-order valence-electron chi connectivity index (χ2n) is 8.04. The van der Waals surface area contributed by atoms with Gasteiger partial charge >= 0.3 is 0 Å². The summed E-state index contributed by atoms with van der Waals surface area (Å²) in [6.07, 6.45) is 22.4. The van der Waals surface area contributed by atoms with Gasteiger partial charge in [0.15, 0.2) is 0 Å². The Morgan fingerprint density at radius 1 is 0.826 bits per heavy atom. The lowest BCUT2D eigenvalue weighted by Crippen LogP contribution is -2.25. The Balaban J connectivity index is 1.60. The molecule has 0 heterocycles. The Hall–Kier alpha value is -0.300. The minimum absolute atomic E-state index is 0.804. The molecule has 0 aliphatic heterocycles. The zero-order valence-electron chi connectivity index (χ0n) is 15.8. The van der Waals surface area contributed by atoms with Gasteiger partial charge in [0.25, 0.3) is 0 Å². The van der Waals surface area contributed by atoms with E-state index in [1.807, 2.05) is 0 Å². The molecule has 2 rings (SSSR count). The molecule has 1 nitrogen and oxygen atoms in total. The maximum atomic E-state index is 5.40. The average molecular weight is 321 g/mol. The van der Waals surface area contributed by atoms with Crippen LogP contribution in [0.5, 0.6) is 0 Å². The van der Waals surface area contributed by atoms with Gasteiger partial charge in [-0.15, -0.1) is 0 Å². The summed E-state index contributed by atoms with van der Waals surface area (Å²) in [6, 6.07) is 0. The first kappa shape index (κ1) is 19.0. The first-order chi connectivity index (χ1) is 11.3. The Kier molecular flexibility index (Phi) is 9.34. The van der Waals surface area contributed by atoms with Gasteiger partial charge in [-0.2, -0.15) is 0 Å². The van der Waals surface area contributed by atoms with Gasteiger partial charge in [-0.05, 0) is 69.1 Å². The molecule has 1 heteroatoms. The standard InChI is InChI=1S/C22H40O/c1-3-5-6-8-19-10-14-21(15-11-19)22-16-12-20(13-17-22)9-7-18-23-4-2/h7,9,19-22H,3-6,8,10-18H2,1-2H3. The minimum atomic E-state index is 0.804. The van der Waals surface area contributed by atoms with Crippen molar-refractivity contribution in [2.45, 2.75) is 90.9 Å². The van der Waals surface area contributed by atoms with Crippen LogP contribution in [0.25, 0.3) is 0 Å². The molecule has 0 aromatic carbocycles. The maximum absolute atomic E-state index is 5.40. The molecule has 0 aromatic heterocycles. The quantitative estimate of drug-likeness (QED) is 0.336. The summed E-state index contributed by atoms with van der Waals surface area (Å²) in [5, 5.41) is 0. The largest absolute Gasteiger partial charge is 0.378 e. The number of unbranched alkanes of at least 4 members (excludes halogenated alkanes) is 2. The van der Waals surface area contributed by atoms with Crippen LogP contribution in [-0.2, 0) is 4.74 Å². The fourth-order valence-electron chi connectivity index (χ4n) is 4.87. The van der Waals surface area contributed by atoms with Crippen LogP contribution in [0, 0.1) is 23.7 Å². The van der Waals surface area contributed by atoms with Gasteiger partial charge in [-0.3, -0.25) is 0 Å². The monoisotopic (exact) mass is 320 g/mol. The molecule has 2 aliphatic carbocycles. The van der Waals surface area contributed by atoms with Crippen molar-refractivity contribution in [3.05, 3.63) is 12.2 Å². The normalized spacial score (nSPS) is 32.4. The van der Waals surface area contributed by atoms with Crippen LogP contribution in [0.1, 0.15) is 90.9 Å². The molecule has 0 amide bonds. The van der Waals surface area contributed by atoms with Crippen molar-refractivity contribution < 1.29 is 4.74 Å². The fourth-order valence-corrected chi connectivity index (χ4v) is 4.87. The minimum Gasteiger partial charge on any atom is -0.378 e. The van der Waals surface area contributed by atoms with E-state index in [4.69, 9.17) is 4.74 Å². The van der Waals surface area contributed by atoms with Crippen LogP contribution < -0.4 is 0 Å². The zero-order chi connectivity index (χ0) is 16.3. The lowest BCUT2D eigenvalue weighted by molar-refractivity contribution is 0.151. The van der Waals surface area contributed by atoms with E-state index in [2.05, 4.69) is 26.0 Å². The number of ether oxygens (including phenoxy) is 1. The number of rotatable bonds is 9. The molecule has 0 saturated heterocycles. The highest BCUT2D eigenvalue weighted by atomic mass is 16.5.